The predicted octanol–water partition coefficient (Wildman–Crippen LogP) is 2.86. The predicted molar refractivity (Wildman–Crippen MR) is 64.1 cm³/mol. The van der Waals surface area contributed by atoms with Crippen LogP contribution in [0.5, 0.6) is 0 Å². The highest BCUT2D eigenvalue weighted by Crippen LogP contribution is 2.40. The van der Waals surface area contributed by atoms with E-state index in [1.165, 1.54) is 19.3 Å². The molecule has 1 N–H and O–H groups in total. The number of aryl methyl sites for hydroxylation is 1. The van der Waals surface area contributed by atoms with Crippen molar-refractivity contribution in [2.75, 3.05) is 11.9 Å². The van der Waals surface area contributed by atoms with Crippen molar-refractivity contribution in [2.45, 2.75) is 33.1 Å². The fraction of sp³-hybridized carbons (Fsp3) is 0.538. The number of hydrogen-bond donors (Lipinski definition) is 1. The Morgan fingerprint density at radius 2 is 2.25 bits per heavy atom. The van der Waals surface area contributed by atoms with Crippen molar-refractivity contribution in [1.82, 2.24) is 4.98 Å². The molecule has 1 heterocycles. The molecule has 1 saturated carbocycles. The molecule has 0 bridgehead atoms. The Morgan fingerprint density at radius 3 is 2.81 bits per heavy atom. The second-order valence-corrected chi connectivity index (χ2v) is 4.98. The minimum atomic E-state index is 0.401. The zero-order valence-electron chi connectivity index (χ0n) is 9.88. The molecule has 0 aromatic carbocycles. The molecule has 1 aliphatic carbocycles. The zero-order valence-corrected chi connectivity index (χ0v) is 9.88. The maximum Gasteiger partial charge on any atom is 0.144 e. The van der Waals surface area contributed by atoms with Crippen molar-refractivity contribution in [2.24, 2.45) is 5.41 Å². The van der Waals surface area contributed by atoms with Gasteiger partial charge < -0.3 is 5.32 Å². The summed E-state index contributed by atoms with van der Waals surface area (Å²) in [6.07, 6.45) is 3.87. The molecule has 0 aliphatic heterocycles. The van der Waals surface area contributed by atoms with Gasteiger partial charge in [-0.1, -0.05) is 13.3 Å². The van der Waals surface area contributed by atoms with Gasteiger partial charge in [0.05, 0.1) is 5.56 Å². The van der Waals surface area contributed by atoms with E-state index in [2.05, 4.69) is 23.3 Å². The van der Waals surface area contributed by atoms with E-state index >= 15 is 0 Å². The molecular weight excluding hydrogens is 198 g/mol. The summed E-state index contributed by atoms with van der Waals surface area (Å²) in [6, 6.07) is 5.87. The summed E-state index contributed by atoms with van der Waals surface area (Å²) in [4.78, 5) is 4.37. The first-order valence-electron chi connectivity index (χ1n) is 5.75. The second-order valence-electron chi connectivity index (χ2n) is 4.98. The third-order valence-corrected chi connectivity index (χ3v) is 3.40. The number of hydrogen-bond acceptors (Lipinski definition) is 3. The molecule has 16 heavy (non-hydrogen) atoms. The molecule has 84 valence electrons. The van der Waals surface area contributed by atoms with Crippen LogP contribution in [-0.2, 0) is 0 Å². The van der Waals surface area contributed by atoms with Gasteiger partial charge in [-0.3, -0.25) is 0 Å². The standard InChI is InChI=1S/C13H17N3/c1-10-4-5-11(8-14)12(16-10)15-9-13(2)6-3-7-13/h4-5H,3,6-7,9H2,1-2H3,(H,15,16). The van der Waals surface area contributed by atoms with Crippen LogP contribution in [0.1, 0.15) is 37.4 Å². The van der Waals surface area contributed by atoms with E-state index in [1.807, 2.05) is 19.1 Å². The Labute approximate surface area is 96.5 Å². The highest BCUT2D eigenvalue weighted by Gasteiger charge is 2.31. The van der Waals surface area contributed by atoms with E-state index < -0.39 is 0 Å². The Morgan fingerprint density at radius 1 is 1.50 bits per heavy atom. The van der Waals surface area contributed by atoms with E-state index in [9.17, 15) is 0 Å². The lowest BCUT2D eigenvalue weighted by Gasteiger charge is -2.38. The molecular formula is C13H17N3. The third-order valence-electron chi connectivity index (χ3n) is 3.40. The summed E-state index contributed by atoms with van der Waals surface area (Å²) in [5, 5.41) is 12.3. The Kier molecular flexibility index (Phi) is 2.82. The van der Waals surface area contributed by atoms with Gasteiger partial charge >= 0.3 is 0 Å². The number of nitriles is 1. The van der Waals surface area contributed by atoms with Gasteiger partial charge in [-0.15, -0.1) is 0 Å². The number of nitrogens with zero attached hydrogens (tertiary/aromatic N) is 2. The van der Waals surface area contributed by atoms with Crippen molar-refractivity contribution >= 4 is 5.82 Å². The van der Waals surface area contributed by atoms with Crippen molar-refractivity contribution in [3.05, 3.63) is 23.4 Å². The number of nitrogens with one attached hydrogen (secondary N) is 1. The molecule has 0 radical (unpaired) electrons. The van der Waals surface area contributed by atoms with Crippen molar-refractivity contribution in [3.63, 3.8) is 0 Å². The fourth-order valence-electron chi connectivity index (χ4n) is 2.04. The average Bonchev–Trinajstić information content (AvgIpc) is 2.24. The molecule has 1 aliphatic rings. The Balaban J connectivity index is 2.08. The van der Waals surface area contributed by atoms with E-state index in [-0.39, 0.29) is 0 Å². The lowest BCUT2D eigenvalue weighted by Crippen LogP contribution is -2.33. The summed E-state index contributed by atoms with van der Waals surface area (Å²) < 4.78 is 0. The van der Waals surface area contributed by atoms with Crippen molar-refractivity contribution < 1.29 is 0 Å². The number of pyridine rings is 1. The highest BCUT2D eigenvalue weighted by atomic mass is 15.0. The molecule has 0 unspecified atom stereocenters. The van der Waals surface area contributed by atoms with Crippen LogP contribution >= 0.6 is 0 Å². The molecule has 0 saturated heterocycles. The van der Waals surface area contributed by atoms with Crippen LogP contribution in [-0.4, -0.2) is 11.5 Å². The maximum absolute atomic E-state index is 8.98. The summed E-state index contributed by atoms with van der Waals surface area (Å²) >= 11 is 0. The number of anilines is 1. The van der Waals surface area contributed by atoms with E-state index in [1.54, 1.807) is 0 Å². The van der Waals surface area contributed by atoms with Gasteiger partial charge in [0.25, 0.3) is 0 Å². The van der Waals surface area contributed by atoms with Gasteiger partial charge in [-0.25, -0.2) is 4.98 Å². The SMILES string of the molecule is Cc1ccc(C#N)c(NCC2(C)CCC2)n1. The third kappa shape index (κ3) is 2.16. The zero-order chi connectivity index (χ0) is 11.6. The molecule has 0 amide bonds. The molecule has 3 heteroatoms. The van der Waals surface area contributed by atoms with Gasteiger partial charge in [0.15, 0.2) is 0 Å². The molecule has 2 rings (SSSR count). The van der Waals surface area contributed by atoms with Gasteiger partial charge in [-0.05, 0) is 37.3 Å². The maximum atomic E-state index is 8.98. The Hall–Kier alpha value is -1.56. The van der Waals surface area contributed by atoms with Gasteiger partial charge in [0.2, 0.25) is 0 Å². The first-order chi connectivity index (χ1) is 7.63. The highest BCUT2D eigenvalue weighted by molar-refractivity contribution is 5.52. The summed E-state index contributed by atoms with van der Waals surface area (Å²) in [5.74, 6) is 0.732. The number of aromatic nitrogens is 1. The molecule has 1 fully saturated rings. The fourth-order valence-corrected chi connectivity index (χ4v) is 2.04. The van der Waals surface area contributed by atoms with Gasteiger partial charge in [0.1, 0.15) is 11.9 Å². The normalized spacial score (nSPS) is 17.3. The largest absolute Gasteiger partial charge is 0.368 e. The van der Waals surface area contributed by atoms with Crippen LogP contribution in [0.15, 0.2) is 12.1 Å². The van der Waals surface area contributed by atoms with Crippen LogP contribution in [0.3, 0.4) is 0 Å². The average molecular weight is 215 g/mol. The van der Waals surface area contributed by atoms with Crippen LogP contribution < -0.4 is 5.32 Å². The van der Waals surface area contributed by atoms with Crippen LogP contribution in [0.25, 0.3) is 0 Å². The molecule has 1 aromatic heterocycles. The van der Waals surface area contributed by atoms with Gasteiger partial charge in [-0.2, -0.15) is 5.26 Å². The summed E-state index contributed by atoms with van der Waals surface area (Å²) in [5.41, 5.74) is 1.98. The summed E-state index contributed by atoms with van der Waals surface area (Å²) in [6.45, 7) is 5.14. The Bertz CT molecular complexity index is 427. The first kappa shape index (κ1) is 10.9. The first-order valence-corrected chi connectivity index (χ1v) is 5.75. The quantitative estimate of drug-likeness (QED) is 0.843. The monoisotopic (exact) mass is 215 g/mol. The topological polar surface area (TPSA) is 48.7 Å². The lowest BCUT2D eigenvalue weighted by atomic mass is 9.70. The van der Waals surface area contributed by atoms with Crippen LogP contribution in [0.4, 0.5) is 5.82 Å². The second kappa shape index (κ2) is 4.13. The lowest BCUT2D eigenvalue weighted by molar-refractivity contribution is 0.180. The molecule has 0 atom stereocenters. The molecule has 3 nitrogen and oxygen atoms in total. The minimum absolute atomic E-state index is 0.401. The van der Waals surface area contributed by atoms with E-state index in [4.69, 9.17) is 5.26 Å². The van der Waals surface area contributed by atoms with Crippen molar-refractivity contribution in [1.29, 1.82) is 5.26 Å². The number of rotatable bonds is 3. The van der Waals surface area contributed by atoms with E-state index in [0.29, 0.717) is 11.0 Å². The summed E-state index contributed by atoms with van der Waals surface area (Å²) in [7, 11) is 0. The molecule has 0 spiro atoms. The smallest absolute Gasteiger partial charge is 0.144 e. The van der Waals surface area contributed by atoms with Crippen LogP contribution in [0.2, 0.25) is 0 Å². The molecule has 1 aromatic rings. The minimum Gasteiger partial charge on any atom is -0.368 e. The van der Waals surface area contributed by atoms with Crippen LogP contribution in [0, 0.1) is 23.7 Å². The van der Waals surface area contributed by atoms with Crippen molar-refractivity contribution in [3.8, 4) is 6.07 Å². The van der Waals surface area contributed by atoms with Gasteiger partial charge in [0, 0.05) is 12.2 Å². The van der Waals surface area contributed by atoms with E-state index in [0.717, 1.165) is 18.1 Å².